The van der Waals surface area contributed by atoms with E-state index in [2.05, 4.69) is 29.6 Å². The molecule has 1 aliphatic rings. The molecule has 0 saturated heterocycles. The lowest BCUT2D eigenvalue weighted by Gasteiger charge is -2.24. The minimum absolute atomic E-state index is 0.00118. The fraction of sp³-hybridized carbons (Fsp3) is 0.444. The van der Waals surface area contributed by atoms with Crippen LogP contribution in [0.25, 0.3) is 11.1 Å². The Labute approximate surface area is 206 Å². The third-order valence-electron chi connectivity index (χ3n) is 6.24. The number of aliphatic carboxylic acids is 1. The summed E-state index contributed by atoms with van der Waals surface area (Å²) in [5, 5.41) is 12.0. The highest BCUT2D eigenvalue weighted by Gasteiger charge is 2.29. The Balaban J connectivity index is 1.62. The number of carbonyl (C=O) groups is 3. The fourth-order valence-electron chi connectivity index (χ4n) is 4.48. The first-order valence-electron chi connectivity index (χ1n) is 12.0. The van der Waals surface area contributed by atoms with Crippen molar-refractivity contribution in [3.63, 3.8) is 0 Å². The van der Waals surface area contributed by atoms with Gasteiger partial charge < -0.3 is 24.8 Å². The van der Waals surface area contributed by atoms with E-state index in [1.807, 2.05) is 31.2 Å². The Kier molecular flexibility index (Phi) is 9.66. The van der Waals surface area contributed by atoms with Crippen molar-refractivity contribution in [1.29, 1.82) is 0 Å². The van der Waals surface area contributed by atoms with E-state index in [4.69, 9.17) is 14.6 Å². The maximum atomic E-state index is 12.8. The zero-order chi connectivity index (χ0) is 25.2. The molecule has 1 atom stereocenters. The van der Waals surface area contributed by atoms with Crippen molar-refractivity contribution in [2.75, 3.05) is 33.4 Å². The van der Waals surface area contributed by atoms with Gasteiger partial charge in [0.05, 0.1) is 6.61 Å². The number of ether oxygens (including phenoxy) is 2. The zero-order valence-electron chi connectivity index (χ0n) is 20.4. The van der Waals surface area contributed by atoms with Gasteiger partial charge in [0.15, 0.2) is 0 Å². The van der Waals surface area contributed by atoms with Crippen molar-refractivity contribution in [3.05, 3.63) is 59.7 Å². The van der Waals surface area contributed by atoms with Gasteiger partial charge in [-0.2, -0.15) is 0 Å². The van der Waals surface area contributed by atoms with Gasteiger partial charge in [-0.3, -0.25) is 9.59 Å². The third kappa shape index (κ3) is 7.05. The summed E-state index contributed by atoms with van der Waals surface area (Å²) < 4.78 is 10.6. The van der Waals surface area contributed by atoms with Crippen molar-refractivity contribution in [1.82, 2.24) is 10.2 Å². The first-order valence-corrected chi connectivity index (χ1v) is 12.0. The molecule has 8 heteroatoms. The molecule has 2 aromatic carbocycles. The fourth-order valence-corrected chi connectivity index (χ4v) is 4.48. The summed E-state index contributed by atoms with van der Waals surface area (Å²) in [4.78, 5) is 37.9. The molecule has 0 aromatic heterocycles. The summed E-state index contributed by atoms with van der Waals surface area (Å²) in [5.41, 5.74) is 4.56. The van der Waals surface area contributed by atoms with Crippen LogP contribution in [0.3, 0.4) is 0 Å². The van der Waals surface area contributed by atoms with Gasteiger partial charge in [-0.25, -0.2) is 4.79 Å². The van der Waals surface area contributed by atoms with Gasteiger partial charge in [-0.05, 0) is 28.7 Å². The number of fused-ring (bicyclic) bond motifs is 3. The van der Waals surface area contributed by atoms with Crippen molar-refractivity contribution in [2.45, 2.75) is 44.6 Å². The predicted octanol–water partition coefficient (Wildman–Crippen LogP) is 4.03. The summed E-state index contributed by atoms with van der Waals surface area (Å²) >= 11 is 0. The average Bonchev–Trinajstić information content (AvgIpc) is 3.17. The monoisotopic (exact) mass is 482 g/mol. The summed E-state index contributed by atoms with van der Waals surface area (Å²) in [6.45, 7) is 2.22. The van der Waals surface area contributed by atoms with Crippen LogP contribution >= 0.6 is 0 Å². The van der Waals surface area contributed by atoms with Crippen LogP contribution in [0.15, 0.2) is 48.5 Å². The lowest BCUT2D eigenvalue weighted by molar-refractivity contribution is -0.145. The van der Waals surface area contributed by atoms with Gasteiger partial charge in [-0.1, -0.05) is 68.3 Å². The molecule has 1 aliphatic carbocycles. The number of amides is 2. The molecular weight excluding hydrogens is 448 g/mol. The van der Waals surface area contributed by atoms with Gasteiger partial charge in [0.1, 0.15) is 13.2 Å². The highest BCUT2D eigenvalue weighted by Crippen LogP contribution is 2.44. The van der Waals surface area contributed by atoms with Crippen molar-refractivity contribution >= 4 is 18.0 Å². The van der Waals surface area contributed by atoms with E-state index in [-0.39, 0.29) is 38.0 Å². The number of hydrogen-bond donors (Lipinski definition) is 2. The molecule has 2 aromatic rings. The quantitative estimate of drug-likeness (QED) is 0.447. The van der Waals surface area contributed by atoms with Crippen LogP contribution in [-0.4, -0.2) is 67.4 Å². The average molecular weight is 483 g/mol. The van der Waals surface area contributed by atoms with E-state index in [9.17, 15) is 14.4 Å². The van der Waals surface area contributed by atoms with Crippen LogP contribution in [0.5, 0.6) is 0 Å². The number of carbonyl (C=O) groups excluding carboxylic acids is 2. The first kappa shape index (κ1) is 26.2. The van der Waals surface area contributed by atoms with Gasteiger partial charge in [-0.15, -0.1) is 0 Å². The van der Waals surface area contributed by atoms with Gasteiger partial charge in [0, 0.05) is 32.0 Å². The van der Waals surface area contributed by atoms with Crippen LogP contribution < -0.4 is 5.32 Å². The topological polar surface area (TPSA) is 105 Å². The second-order valence-corrected chi connectivity index (χ2v) is 8.71. The molecule has 8 nitrogen and oxygen atoms in total. The lowest BCUT2D eigenvalue weighted by atomic mass is 9.98. The second-order valence-electron chi connectivity index (χ2n) is 8.71. The Hall–Kier alpha value is -3.39. The molecule has 0 bridgehead atoms. The zero-order valence-corrected chi connectivity index (χ0v) is 20.4. The summed E-state index contributed by atoms with van der Waals surface area (Å²) in [6, 6.07) is 15.8. The molecule has 0 aliphatic heterocycles. The normalized spacial score (nSPS) is 13.0. The molecule has 188 valence electrons. The molecule has 2 amide bonds. The summed E-state index contributed by atoms with van der Waals surface area (Å²) in [5.74, 6) is -1.49. The Morgan fingerprint density at radius 2 is 1.69 bits per heavy atom. The number of rotatable bonds is 13. The maximum Gasteiger partial charge on any atom is 0.407 e. The molecule has 0 radical (unpaired) electrons. The van der Waals surface area contributed by atoms with E-state index in [0.717, 1.165) is 35.1 Å². The second kappa shape index (κ2) is 12.9. The minimum atomic E-state index is -1.09. The molecule has 0 spiro atoms. The number of benzene rings is 2. The number of hydrogen-bond acceptors (Lipinski definition) is 5. The predicted molar refractivity (Wildman–Crippen MR) is 132 cm³/mol. The van der Waals surface area contributed by atoms with Crippen LogP contribution in [-0.2, 0) is 19.1 Å². The van der Waals surface area contributed by atoms with Gasteiger partial charge in [0.2, 0.25) is 5.91 Å². The largest absolute Gasteiger partial charge is 0.480 e. The molecule has 2 N–H and O–H groups in total. The number of carboxylic acid groups (broad SMARTS) is 1. The SMILES string of the molecule is CCCCC(CC(=O)N(CCOC)CC(=O)O)NC(=O)OCC1c2ccccc2-c2ccccc21. The third-order valence-corrected chi connectivity index (χ3v) is 6.24. The highest BCUT2D eigenvalue weighted by atomic mass is 16.5. The van der Waals surface area contributed by atoms with Crippen LogP contribution in [0, 0.1) is 0 Å². The lowest BCUT2D eigenvalue weighted by Crippen LogP contribution is -2.43. The van der Waals surface area contributed by atoms with Crippen LogP contribution in [0.1, 0.15) is 49.7 Å². The number of carboxylic acids is 1. The number of nitrogens with zero attached hydrogens (tertiary/aromatic N) is 1. The Morgan fingerprint density at radius 1 is 1.06 bits per heavy atom. The smallest absolute Gasteiger partial charge is 0.407 e. The minimum Gasteiger partial charge on any atom is -0.480 e. The van der Waals surface area contributed by atoms with E-state index < -0.39 is 24.6 Å². The summed E-state index contributed by atoms with van der Waals surface area (Å²) in [7, 11) is 1.49. The molecule has 3 rings (SSSR count). The molecule has 35 heavy (non-hydrogen) atoms. The van der Waals surface area contributed by atoms with Crippen molar-refractivity contribution in [3.8, 4) is 11.1 Å². The number of unbranched alkanes of at least 4 members (excludes halogenated alkanes) is 1. The first-order chi connectivity index (χ1) is 16.9. The Bertz CT molecular complexity index is 979. The van der Waals surface area contributed by atoms with Gasteiger partial charge in [0.25, 0.3) is 0 Å². The summed E-state index contributed by atoms with van der Waals surface area (Å²) in [6.07, 6.45) is 1.74. The standard InChI is InChI=1S/C27H34N2O6/c1-3-4-9-19(16-25(30)29(14-15-34-2)17-26(31)32)28-27(33)35-18-24-22-12-7-5-10-20(22)21-11-6-8-13-23(21)24/h5-8,10-13,19,24H,3-4,9,14-18H2,1-2H3,(H,28,33)(H,31,32). The van der Waals surface area contributed by atoms with E-state index in [1.165, 1.54) is 12.0 Å². The van der Waals surface area contributed by atoms with Gasteiger partial charge >= 0.3 is 12.1 Å². The molecule has 1 unspecified atom stereocenters. The van der Waals surface area contributed by atoms with E-state index >= 15 is 0 Å². The van der Waals surface area contributed by atoms with Crippen LogP contribution in [0.4, 0.5) is 4.79 Å². The molecule has 0 fully saturated rings. The number of nitrogens with one attached hydrogen (secondary N) is 1. The van der Waals surface area contributed by atoms with Crippen molar-refractivity contribution < 1.29 is 29.0 Å². The number of alkyl carbamates (subject to hydrolysis) is 1. The van der Waals surface area contributed by atoms with E-state index in [0.29, 0.717) is 6.42 Å². The molecule has 0 saturated carbocycles. The molecular formula is C27H34N2O6. The van der Waals surface area contributed by atoms with Crippen molar-refractivity contribution in [2.24, 2.45) is 0 Å². The highest BCUT2D eigenvalue weighted by molar-refractivity contribution is 5.82. The van der Waals surface area contributed by atoms with Crippen LogP contribution in [0.2, 0.25) is 0 Å². The number of methoxy groups -OCH3 is 1. The van der Waals surface area contributed by atoms with E-state index in [1.54, 1.807) is 0 Å². The maximum absolute atomic E-state index is 12.8. The molecule has 0 heterocycles. The Morgan fingerprint density at radius 3 is 2.26 bits per heavy atom.